The number of carbonyl (C=O) groups excluding carboxylic acids is 2. The van der Waals surface area contributed by atoms with Crippen molar-refractivity contribution in [2.45, 2.75) is 19.5 Å². The van der Waals surface area contributed by atoms with Crippen molar-refractivity contribution in [3.05, 3.63) is 34.9 Å². The number of piperazine rings is 1. The minimum absolute atomic E-state index is 0.00282. The van der Waals surface area contributed by atoms with Crippen LogP contribution in [0.25, 0.3) is 0 Å². The van der Waals surface area contributed by atoms with Crippen LogP contribution in [0.2, 0.25) is 5.02 Å². The van der Waals surface area contributed by atoms with E-state index in [0.717, 1.165) is 18.7 Å². The molecule has 1 N–H and O–H groups in total. The number of rotatable bonds is 6. The topological polar surface area (TPSA) is 65.1 Å². The van der Waals surface area contributed by atoms with Gasteiger partial charge in [-0.3, -0.25) is 19.4 Å². The lowest BCUT2D eigenvalue weighted by Gasteiger charge is -2.38. The van der Waals surface area contributed by atoms with Crippen molar-refractivity contribution >= 4 is 23.4 Å². The van der Waals surface area contributed by atoms with Gasteiger partial charge in [-0.25, -0.2) is 0 Å². The van der Waals surface area contributed by atoms with Gasteiger partial charge in [0.25, 0.3) is 0 Å². The third-order valence-corrected chi connectivity index (χ3v) is 5.69. The van der Waals surface area contributed by atoms with Crippen LogP contribution in [0.3, 0.4) is 0 Å². The molecule has 2 fully saturated rings. The van der Waals surface area contributed by atoms with E-state index in [1.807, 2.05) is 36.1 Å². The van der Waals surface area contributed by atoms with E-state index in [1.54, 1.807) is 0 Å². The molecule has 0 bridgehead atoms. The third-order valence-electron chi connectivity index (χ3n) is 5.44. The van der Waals surface area contributed by atoms with E-state index in [0.29, 0.717) is 57.5 Å². The summed E-state index contributed by atoms with van der Waals surface area (Å²) in [5, 5.41) is 3.67. The first-order valence-electron chi connectivity index (χ1n) is 9.87. The Bertz CT molecular complexity index is 656. The quantitative estimate of drug-likeness (QED) is 0.755. The van der Waals surface area contributed by atoms with E-state index in [-0.39, 0.29) is 17.9 Å². The molecule has 1 aromatic rings. The van der Waals surface area contributed by atoms with Crippen LogP contribution in [-0.4, -0.2) is 91.6 Å². The summed E-state index contributed by atoms with van der Waals surface area (Å²) < 4.78 is 5.33. The first-order valence-corrected chi connectivity index (χ1v) is 10.2. The molecule has 2 amide bonds. The lowest BCUT2D eigenvalue weighted by molar-refractivity contribution is -0.136. The van der Waals surface area contributed by atoms with Gasteiger partial charge in [0.2, 0.25) is 11.8 Å². The number of amides is 2. The molecule has 2 aliphatic rings. The fraction of sp³-hybridized carbons (Fsp3) is 0.600. The molecule has 8 heteroatoms. The second kappa shape index (κ2) is 10.2. The minimum atomic E-state index is -0.219. The van der Waals surface area contributed by atoms with Gasteiger partial charge in [0.05, 0.1) is 25.8 Å². The third kappa shape index (κ3) is 5.91. The molecule has 0 saturated carbocycles. The van der Waals surface area contributed by atoms with Gasteiger partial charge < -0.3 is 15.0 Å². The number of hydrogen-bond donors (Lipinski definition) is 1. The number of ether oxygens (including phenoxy) is 1. The summed E-state index contributed by atoms with van der Waals surface area (Å²) in [6.45, 7) is 8.65. The van der Waals surface area contributed by atoms with E-state index in [9.17, 15) is 9.59 Å². The Morgan fingerprint density at radius 3 is 2.36 bits per heavy atom. The Kier molecular flexibility index (Phi) is 7.67. The predicted molar refractivity (Wildman–Crippen MR) is 108 cm³/mol. The van der Waals surface area contributed by atoms with E-state index in [1.165, 1.54) is 0 Å². The number of nitrogens with zero attached hydrogens (tertiary/aromatic N) is 3. The second-order valence-electron chi connectivity index (χ2n) is 7.33. The van der Waals surface area contributed by atoms with Gasteiger partial charge in [0.1, 0.15) is 0 Å². The summed E-state index contributed by atoms with van der Waals surface area (Å²) in [5.41, 5.74) is 1.02. The van der Waals surface area contributed by atoms with Crippen LogP contribution >= 0.6 is 11.6 Å². The summed E-state index contributed by atoms with van der Waals surface area (Å²) >= 11 is 5.88. The Hall–Kier alpha value is -1.67. The van der Waals surface area contributed by atoms with Crippen molar-refractivity contribution < 1.29 is 14.3 Å². The summed E-state index contributed by atoms with van der Waals surface area (Å²) in [5.74, 6) is 0.171. The van der Waals surface area contributed by atoms with E-state index in [2.05, 4.69) is 15.1 Å². The van der Waals surface area contributed by atoms with E-state index < -0.39 is 0 Å². The summed E-state index contributed by atoms with van der Waals surface area (Å²) in [6, 6.07) is 7.24. The smallest absolute Gasteiger partial charge is 0.237 e. The Morgan fingerprint density at radius 2 is 1.71 bits per heavy atom. The van der Waals surface area contributed by atoms with Crippen LogP contribution in [-0.2, 0) is 20.9 Å². The van der Waals surface area contributed by atoms with E-state index >= 15 is 0 Å². The van der Waals surface area contributed by atoms with Crippen LogP contribution < -0.4 is 5.32 Å². The maximum atomic E-state index is 12.5. The highest BCUT2D eigenvalue weighted by Gasteiger charge is 2.28. The van der Waals surface area contributed by atoms with Gasteiger partial charge >= 0.3 is 0 Å². The molecule has 2 heterocycles. The molecule has 2 saturated heterocycles. The molecule has 3 rings (SSSR count). The molecule has 0 aliphatic carbocycles. The summed E-state index contributed by atoms with van der Waals surface area (Å²) in [4.78, 5) is 31.2. The fourth-order valence-electron chi connectivity index (χ4n) is 3.51. The zero-order valence-corrected chi connectivity index (χ0v) is 17.2. The molecule has 28 heavy (non-hydrogen) atoms. The van der Waals surface area contributed by atoms with Gasteiger partial charge in [0, 0.05) is 50.8 Å². The molecule has 154 valence electrons. The average molecular weight is 409 g/mol. The molecule has 0 radical (unpaired) electrons. The standard InChI is InChI=1S/C20H29ClN4O3/c1-16(20(27)22-14-17-2-4-18(21)5-3-17)24-6-8-25(9-7-24)19(26)15-23-10-12-28-13-11-23/h2-5,16H,6-15H2,1H3,(H,22,27). The first kappa shape index (κ1) is 21.0. The molecule has 1 atom stereocenters. The zero-order valence-electron chi connectivity index (χ0n) is 16.4. The molecule has 7 nitrogen and oxygen atoms in total. The molecular weight excluding hydrogens is 380 g/mol. The largest absolute Gasteiger partial charge is 0.379 e. The number of benzene rings is 1. The SMILES string of the molecule is CC(C(=O)NCc1ccc(Cl)cc1)N1CCN(C(=O)CN2CCOCC2)CC1. The van der Waals surface area contributed by atoms with Crippen molar-refractivity contribution in [2.24, 2.45) is 0 Å². The number of halogens is 1. The van der Waals surface area contributed by atoms with Crippen molar-refractivity contribution in [1.29, 1.82) is 0 Å². The predicted octanol–water partition coefficient (Wildman–Crippen LogP) is 0.821. The second-order valence-corrected chi connectivity index (χ2v) is 7.76. The number of hydrogen-bond acceptors (Lipinski definition) is 5. The Morgan fingerprint density at radius 1 is 1.07 bits per heavy atom. The molecule has 0 spiro atoms. The molecule has 0 aromatic heterocycles. The first-order chi connectivity index (χ1) is 13.5. The normalized spacial score (nSPS) is 20.0. The fourth-order valence-corrected chi connectivity index (χ4v) is 3.64. The van der Waals surface area contributed by atoms with Crippen molar-refractivity contribution in [1.82, 2.24) is 20.0 Å². The molecule has 1 aromatic carbocycles. The maximum Gasteiger partial charge on any atom is 0.237 e. The van der Waals surface area contributed by atoms with Crippen LogP contribution in [0.15, 0.2) is 24.3 Å². The van der Waals surface area contributed by atoms with Crippen molar-refractivity contribution in [3.63, 3.8) is 0 Å². The monoisotopic (exact) mass is 408 g/mol. The van der Waals surface area contributed by atoms with Gasteiger partial charge in [-0.15, -0.1) is 0 Å². The summed E-state index contributed by atoms with van der Waals surface area (Å²) in [7, 11) is 0. The van der Waals surface area contributed by atoms with Gasteiger partial charge in [-0.2, -0.15) is 0 Å². The molecule has 1 unspecified atom stereocenters. The van der Waals surface area contributed by atoms with Gasteiger partial charge in [-0.1, -0.05) is 23.7 Å². The molecule has 2 aliphatic heterocycles. The van der Waals surface area contributed by atoms with E-state index in [4.69, 9.17) is 16.3 Å². The summed E-state index contributed by atoms with van der Waals surface area (Å²) in [6.07, 6.45) is 0. The number of morpholine rings is 1. The number of carbonyl (C=O) groups is 2. The van der Waals surface area contributed by atoms with Crippen molar-refractivity contribution in [2.75, 3.05) is 59.0 Å². The highest BCUT2D eigenvalue weighted by Crippen LogP contribution is 2.11. The van der Waals surface area contributed by atoms with Crippen LogP contribution in [0.5, 0.6) is 0 Å². The van der Waals surface area contributed by atoms with Crippen molar-refractivity contribution in [3.8, 4) is 0 Å². The number of nitrogens with one attached hydrogen (secondary N) is 1. The minimum Gasteiger partial charge on any atom is -0.379 e. The zero-order chi connectivity index (χ0) is 19.9. The average Bonchev–Trinajstić information content (AvgIpc) is 2.73. The van der Waals surface area contributed by atoms with Crippen LogP contribution in [0.4, 0.5) is 0 Å². The highest BCUT2D eigenvalue weighted by molar-refractivity contribution is 6.30. The van der Waals surface area contributed by atoms with Gasteiger partial charge in [-0.05, 0) is 24.6 Å². The lowest BCUT2D eigenvalue weighted by Crippen LogP contribution is -2.56. The van der Waals surface area contributed by atoms with Crippen LogP contribution in [0.1, 0.15) is 12.5 Å². The Labute approximate surface area is 171 Å². The maximum absolute atomic E-state index is 12.5. The Balaban J connectivity index is 1.39. The van der Waals surface area contributed by atoms with Crippen LogP contribution in [0, 0.1) is 0 Å². The highest BCUT2D eigenvalue weighted by atomic mass is 35.5. The van der Waals surface area contributed by atoms with Gasteiger partial charge in [0.15, 0.2) is 0 Å². The lowest BCUT2D eigenvalue weighted by atomic mass is 10.2. The molecular formula is C20H29ClN4O3.